The monoisotopic (exact) mass is 287 g/mol. The van der Waals surface area contributed by atoms with E-state index in [9.17, 15) is 5.26 Å². The first-order chi connectivity index (χ1) is 9.71. The predicted molar refractivity (Wildman–Crippen MR) is 79.7 cm³/mol. The largest absolute Gasteiger partial charge is 0.363 e. The number of anilines is 1. The first kappa shape index (κ1) is 14.4. The molecule has 0 saturated carbocycles. The summed E-state index contributed by atoms with van der Waals surface area (Å²) in [7, 11) is 0. The average Bonchev–Trinajstić information content (AvgIpc) is 2.89. The van der Waals surface area contributed by atoms with E-state index in [0.717, 1.165) is 34.7 Å². The lowest BCUT2D eigenvalue weighted by Gasteiger charge is -2.11. The minimum atomic E-state index is 0.564. The van der Waals surface area contributed by atoms with E-state index in [-0.39, 0.29) is 0 Å². The fourth-order valence-corrected chi connectivity index (χ4v) is 2.79. The third-order valence-corrected chi connectivity index (χ3v) is 4.15. The maximum atomic E-state index is 9.39. The molecule has 0 unspecified atom stereocenters. The summed E-state index contributed by atoms with van der Waals surface area (Å²) in [5.41, 5.74) is 5.34. The summed E-state index contributed by atoms with van der Waals surface area (Å²) in [5.74, 6) is 0.564. The molecular formula is C14H17N5S. The quantitative estimate of drug-likeness (QED) is 0.915. The highest BCUT2D eigenvalue weighted by atomic mass is 32.1. The van der Waals surface area contributed by atoms with Gasteiger partial charge in [0.1, 0.15) is 11.6 Å². The lowest BCUT2D eigenvalue weighted by molar-refractivity contribution is 0.869. The molecule has 0 amide bonds. The van der Waals surface area contributed by atoms with Crippen LogP contribution in [0.25, 0.3) is 0 Å². The predicted octanol–water partition coefficient (Wildman–Crippen LogP) is 2.85. The first-order valence-electron chi connectivity index (χ1n) is 6.62. The molecule has 6 heteroatoms. The summed E-state index contributed by atoms with van der Waals surface area (Å²) in [6.07, 6.45) is 1.58. The summed E-state index contributed by atoms with van der Waals surface area (Å²) in [6, 6.07) is 2.26. The van der Waals surface area contributed by atoms with Crippen LogP contribution in [-0.4, -0.2) is 15.2 Å². The second-order valence-corrected chi connectivity index (χ2v) is 5.32. The highest BCUT2D eigenvalue weighted by molar-refractivity contribution is 7.09. The first-order valence-corrected chi connectivity index (χ1v) is 7.50. The Balaban J connectivity index is 2.28. The molecule has 0 radical (unpaired) electrons. The number of thiazole rings is 1. The molecule has 20 heavy (non-hydrogen) atoms. The molecule has 0 saturated heterocycles. The van der Waals surface area contributed by atoms with Gasteiger partial charge < -0.3 is 5.32 Å². The maximum absolute atomic E-state index is 9.39. The number of rotatable bonds is 5. The Kier molecular flexibility index (Phi) is 4.64. The van der Waals surface area contributed by atoms with Gasteiger partial charge in [0.2, 0.25) is 0 Å². The number of hydrogen-bond acceptors (Lipinski definition) is 6. The minimum Gasteiger partial charge on any atom is -0.363 e. The van der Waals surface area contributed by atoms with Crippen molar-refractivity contribution in [2.75, 3.05) is 5.32 Å². The van der Waals surface area contributed by atoms with Crippen molar-refractivity contribution in [2.24, 2.45) is 0 Å². The van der Waals surface area contributed by atoms with Crippen LogP contribution in [0.4, 0.5) is 5.82 Å². The van der Waals surface area contributed by atoms with Crippen LogP contribution < -0.4 is 5.32 Å². The summed E-state index contributed by atoms with van der Waals surface area (Å²) >= 11 is 1.60. The van der Waals surface area contributed by atoms with Gasteiger partial charge in [-0.1, -0.05) is 13.8 Å². The van der Waals surface area contributed by atoms with E-state index in [0.29, 0.717) is 17.9 Å². The lowest BCUT2D eigenvalue weighted by Crippen LogP contribution is -2.09. The normalized spacial score (nSPS) is 10.3. The van der Waals surface area contributed by atoms with Crippen LogP contribution in [-0.2, 0) is 19.4 Å². The number of hydrogen-bond donors (Lipinski definition) is 1. The Labute approximate surface area is 122 Å². The SMILES string of the molecule is CCc1nnc(NCc2scnc2C)c(C#N)c1CC. The topological polar surface area (TPSA) is 74.5 Å². The Hall–Kier alpha value is -2.00. The van der Waals surface area contributed by atoms with Gasteiger partial charge in [-0.05, 0) is 25.3 Å². The highest BCUT2D eigenvalue weighted by Gasteiger charge is 2.14. The number of aromatic nitrogens is 3. The molecule has 0 atom stereocenters. The van der Waals surface area contributed by atoms with Crippen molar-refractivity contribution in [1.82, 2.24) is 15.2 Å². The fraction of sp³-hybridized carbons (Fsp3) is 0.429. The van der Waals surface area contributed by atoms with Crippen LogP contribution in [0.1, 0.15) is 41.2 Å². The molecule has 0 aliphatic heterocycles. The van der Waals surface area contributed by atoms with E-state index in [4.69, 9.17) is 0 Å². The molecule has 2 aromatic rings. The third kappa shape index (κ3) is 2.78. The van der Waals surface area contributed by atoms with Gasteiger partial charge in [0.05, 0.1) is 23.4 Å². The van der Waals surface area contributed by atoms with Gasteiger partial charge in [0.15, 0.2) is 5.82 Å². The zero-order chi connectivity index (χ0) is 14.5. The zero-order valence-corrected chi connectivity index (χ0v) is 12.7. The van der Waals surface area contributed by atoms with E-state index in [1.807, 2.05) is 26.3 Å². The number of nitrogens with one attached hydrogen (secondary N) is 1. The molecule has 0 aliphatic carbocycles. The lowest BCUT2D eigenvalue weighted by atomic mass is 10.0. The highest BCUT2D eigenvalue weighted by Crippen LogP contribution is 2.21. The maximum Gasteiger partial charge on any atom is 0.167 e. The summed E-state index contributed by atoms with van der Waals surface area (Å²) in [4.78, 5) is 5.36. The second-order valence-electron chi connectivity index (χ2n) is 4.38. The van der Waals surface area contributed by atoms with Crippen molar-refractivity contribution in [2.45, 2.75) is 40.2 Å². The Bertz CT molecular complexity index is 641. The van der Waals surface area contributed by atoms with Crippen LogP contribution in [0, 0.1) is 18.3 Å². The summed E-state index contributed by atoms with van der Waals surface area (Å²) < 4.78 is 0. The average molecular weight is 287 g/mol. The summed E-state index contributed by atoms with van der Waals surface area (Å²) in [5, 5.41) is 21.0. The van der Waals surface area contributed by atoms with E-state index >= 15 is 0 Å². The molecule has 0 fully saturated rings. The van der Waals surface area contributed by atoms with Crippen LogP contribution in [0.5, 0.6) is 0 Å². The molecular weight excluding hydrogens is 270 g/mol. The van der Waals surface area contributed by atoms with Crippen LogP contribution in [0.2, 0.25) is 0 Å². The molecule has 0 aromatic carbocycles. The van der Waals surface area contributed by atoms with Gasteiger partial charge in [-0.15, -0.1) is 16.4 Å². The van der Waals surface area contributed by atoms with Crippen LogP contribution in [0.3, 0.4) is 0 Å². The molecule has 104 valence electrons. The molecule has 2 heterocycles. The zero-order valence-electron chi connectivity index (χ0n) is 11.9. The van der Waals surface area contributed by atoms with Gasteiger partial charge in [-0.3, -0.25) is 0 Å². The Morgan fingerprint density at radius 3 is 2.65 bits per heavy atom. The minimum absolute atomic E-state index is 0.564. The molecule has 1 N–H and O–H groups in total. The number of nitrogens with zero attached hydrogens (tertiary/aromatic N) is 4. The smallest absolute Gasteiger partial charge is 0.167 e. The number of nitriles is 1. The molecule has 5 nitrogen and oxygen atoms in total. The van der Waals surface area contributed by atoms with Crippen molar-refractivity contribution in [3.8, 4) is 6.07 Å². The van der Waals surface area contributed by atoms with Crippen LogP contribution in [0.15, 0.2) is 5.51 Å². The van der Waals surface area contributed by atoms with Crippen molar-refractivity contribution in [1.29, 1.82) is 5.26 Å². The van der Waals surface area contributed by atoms with Crippen molar-refractivity contribution < 1.29 is 0 Å². The molecule has 2 rings (SSSR count). The van der Waals surface area contributed by atoms with Gasteiger partial charge in [0, 0.05) is 4.88 Å². The van der Waals surface area contributed by atoms with Crippen molar-refractivity contribution in [3.05, 3.63) is 32.9 Å². The van der Waals surface area contributed by atoms with E-state index in [2.05, 4.69) is 26.6 Å². The van der Waals surface area contributed by atoms with Gasteiger partial charge >= 0.3 is 0 Å². The van der Waals surface area contributed by atoms with Gasteiger partial charge in [0.25, 0.3) is 0 Å². The standard InChI is InChI=1S/C14H17N5S/c1-4-10-11(6-15)14(19-18-12(10)5-2)16-7-13-9(3)17-8-20-13/h8H,4-5,7H2,1-3H3,(H,16,19). The van der Waals surface area contributed by atoms with E-state index in [1.54, 1.807) is 11.3 Å². The van der Waals surface area contributed by atoms with Crippen LogP contribution >= 0.6 is 11.3 Å². The fourth-order valence-electron chi connectivity index (χ4n) is 2.08. The summed E-state index contributed by atoms with van der Waals surface area (Å²) in [6.45, 7) is 6.66. The van der Waals surface area contributed by atoms with Gasteiger partial charge in [-0.2, -0.15) is 10.4 Å². The molecule has 0 aliphatic rings. The molecule has 0 bridgehead atoms. The van der Waals surface area contributed by atoms with Crippen molar-refractivity contribution in [3.63, 3.8) is 0 Å². The molecule has 0 spiro atoms. The van der Waals surface area contributed by atoms with E-state index < -0.39 is 0 Å². The Morgan fingerprint density at radius 2 is 2.10 bits per heavy atom. The van der Waals surface area contributed by atoms with Gasteiger partial charge in [-0.25, -0.2) is 4.98 Å². The molecule has 2 aromatic heterocycles. The van der Waals surface area contributed by atoms with Crippen molar-refractivity contribution >= 4 is 17.2 Å². The number of aryl methyl sites for hydroxylation is 2. The Morgan fingerprint density at radius 1 is 1.30 bits per heavy atom. The van der Waals surface area contributed by atoms with E-state index in [1.165, 1.54) is 0 Å². The second kappa shape index (κ2) is 6.44. The third-order valence-electron chi connectivity index (χ3n) is 3.22.